The summed E-state index contributed by atoms with van der Waals surface area (Å²) in [6, 6.07) is 2.07. The van der Waals surface area contributed by atoms with Crippen LogP contribution in [-0.4, -0.2) is 22.3 Å². The van der Waals surface area contributed by atoms with E-state index in [9.17, 15) is 0 Å². The highest BCUT2D eigenvalue weighted by atomic mass is 32.2. The first kappa shape index (κ1) is 12.6. The van der Waals surface area contributed by atoms with Crippen LogP contribution in [0.5, 0.6) is 0 Å². The molecule has 0 aliphatic carbocycles. The van der Waals surface area contributed by atoms with E-state index in [1.807, 2.05) is 18.8 Å². The molecule has 0 aliphatic heterocycles. The van der Waals surface area contributed by atoms with Crippen LogP contribution >= 0.6 is 23.1 Å². The standard InChI is InChI=1S/C12H17N3S2/c1-4-8(2)17-7-10-14-11(13-3)9-5-6-16-12(9)15-10/h5-6,8H,4,7H2,1-3H3,(H,13,14,15). The van der Waals surface area contributed by atoms with Crippen molar-refractivity contribution in [1.82, 2.24) is 9.97 Å². The summed E-state index contributed by atoms with van der Waals surface area (Å²) in [7, 11) is 1.91. The quantitative estimate of drug-likeness (QED) is 0.895. The fraction of sp³-hybridized carbons (Fsp3) is 0.500. The topological polar surface area (TPSA) is 37.8 Å². The van der Waals surface area contributed by atoms with E-state index >= 15 is 0 Å². The van der Waals surface area contributed by atoms with Gasteiger partial charge >= 0.3 is 0 Å². The maximum Gasteiger partial charge on any atom is 0.142 e. The minimum Gasteiger partial charge on any atom is -0.372 e. The Bertz CT molecular complexity index is 495. The molecule has 0 fully saturated rings. The summed E-state index contributed by atoms with van der Waals surface area (Å²) < 4.78 is 0. The summed E-state index contributed by atoms with van der Waals surface area (Å²) in [5, 5.41) is 6.99. The molecule has 1 atom stereocenters. The van der Waals surface area contributed by atoms with Crippen LogP contribution in [0.4, 0.5) is 5.82 Å². The molecule has 2 rings (SSSR count). The minimum absolute atomic E-state index is 0.663. The van der Waals surface area contributed by atoms with Gasteiger partial charge in [-0.05, 0) is 17.9 Å². The number of nitrogens with one attached hydrogen (secondary N) is 1. The van der Waals surface area contributed by atoms with Crippen LogP contribution < -0.4 is 5.32 Å². The predicted octanol–water partition coefficient (Wildman–Crippen LogP) is 3.76. The smallest absolute Gasteiger partial charge is 0.142 e. The molecule has 0 saturated carbocycles. The van der Waals surface area contributed by atoms with Gasteiger partial charge in [-0.1, -0.05) is 13.8 Å². The zero-order valence-corrected chi connectivity index (χ0v) is 12.0. The van der Waals surface area contributed by atoms with Gasteiger partial charge in [-0.15, -0.1) is 11.3 Å². The van der Waals surface area contributed by atoms with Crippen LogP contribution in [0.25, 0.3) is 10.2 Å². The molecular formula is C12H17N3S2. The number of thiophene rings is 1. The lowest BCUT2D eigenvalue weighted by molar-refractivity contribution is 0.902. The number of anilines is 1. The normalized spacial score (nSPS) is 12.9. The number of fused-ring (bicyclic) bond motifs is 1. The number of aromatic nitrogens is 2. The van der Waals surface area contributed by atoms with Crippen molar-refractivity contribution in [3.05, 3.63) is 17.3 Å². The third-order valence-corrected chi connectivity index (χ3v) is 4.81. The van der Waals surface area contributed by atoms with E-state index in [1.165, 1.54) is 6.42 Å². The van der Waals surface area contributed by atoms with Crippen molar-refractivity contribution < 1.29 is 0 Å². The first-order valence-electron chi connectivity index (χ1n) is 5.78. The summed E-state index contributed by atoms with van der Waals surface area (Å²) >= 11 is 3.58. The van der Waals surface area contributed by atoms with Gasteiger partial charge in [-0.3, -0.25) is 0 Å². The van der Waals surface area contributed by atoms with Crippen LogP contribution in [0.3, 0.4) is 0 Å². The van der Waals surface area contributed by atoms with Crippen molar-refractivity contribution in [1.29, 1.82) is 0 Å². The molecule has 0 aliphatic rings. The maximum atomic E-state index is 4.60. The lowest BCUT2D eigenvalue weighted by Gasteiger charge is -2.08. The van der Waals surface area contributed by atoms with Crippen LogP contribution in [-0.2, 0) is 5.75 Å². The molecule has 2 aromatic rings. The van der Waals surface area contributed by atoms with Crippen molar-refractivity contribution >= 4 is 39.1 Å². The van der Waals surface area contributed by atoms with E-state index in [0.29, 0.717) is 5.25 Å². The second-order valence-electron chi connectivity index (χ2n) is 3.91. The average Bonchev–Trinajstić information content (AvgIpc) is 2.82. The zero-order valence-electron chi connectivity index (χ0n) is 10.4. The number of hydrogen-bond acceptors (Lipinski definition) is 5. The zero-order chi connectivity index (χ0) is 12.3. The van der Waals surface area contributed by atoms with Crippen molar-refractivity contribution in [2.75, 3.05) is 12.4 Å². The van der Waals surface area contributed by atoms with Gasteiger partial charge in [-0.25, -0.2) is 9.97 Å². The lowest BCUT2D eigenvalue weighted by atomic mass is 10.4. The highest BCUT2D eigenvalue weighted by Crippen LogP contribution is 2.26. The van der Waals surface area contributed by atoms with Crippen LogP contribution in [0.2, 0.25) is 0 Å². The predicted molar refractivity (Wildman–Crippen MR) is 78.0 cm³/mol. The molecule has 0 spiro atoms. The van der Waals surface area contributed by atoms with E-state index < -0.39 is 0 Å². The second kappa shape index (κ2) is 5.69. The summed E-state index contributed by atoms with van der Waals surface area (Å²) in [6.07, 6.45) is 1.19. The maximum absolute atomic E-state index is 4.60. The molecule has 0 saturated heterocycles. The number of hydrogen-bond donors (Lipinski definition) is 1. The molecule has 3 nitrogen and oxygen atoms in total. The van der Waals surface area contributed by atoms with Gasteiger partial charge < -0.3 is 5.32 Å². The van der Waals surface area contributed by atoms with E-state index in [1.54, 1.807) is 11.3 Å². The first-order valence-corrected chi connectivity index (χ1v) is 7.71. The van der Waals surface area contributed by atoms with Crippen molar-refractivity contribution in [3.63, 3.8) is 0 Å². The van der Waals surface area contributed by atoms with E-state index in [4.69, 9.17) is 0 Å². The van der Waals surface area contributed by atoms with Gasteiger partial charge in [0.25, 0.3) is 0 Å². The fourth-order valence-corrected chi connectivity index (χ4v) is 3.07. The van der Waals surface area contributed by atoms with E-state index in [0.717, 1.165) is 27.6 Å². The van der Waals surface area contributed by atoms with Crippen LogP contribution in [0.1, 0.15) is 26.1 Å². The Kier molecular flexibility index (Phi) is 4.23. The van der Waals surface area contributed by atoms with E-state index in [2.05, 4.69) is 40.6 Å². The summed E-state index contributed by atoms with van der Waals surface area (Å²) in [5.41, 5.74) is 0. The van der Waals surface area contributed by atoms with Gasteiger partial charge in [-0.2, -0.15) is 11.8 Å². The first-order chi connectivity index (χ1) is 8.24. The SMILES string of the molecule is CCC(C)SCc1nc(NC)c2ccsc2n1. The monoisotopic (exact) mass is 267 g/mol. The van der Waals surface area contributed by atoms with Crippen molar-refractivity contribution in [2.45, 2.75) is 31.3 Å². The molecule has 0 radical (unpaired) electrons. The molecular weight excluding hydrogens is 250 g/mol. The van der Waals surface area contributed by atoms with Gasteiger partial charge in [0.05, 0.1) is 11.1 Å². The molecule has 92 valence electrons. The number of nitrogens with zero attached hydrogens (tertiary/aromatic N) is 2. The third-order valence-electron chi connectivity index (χ3n) is 2.68. The van der Waals surface area contributed by atoms with Gasteiger partial charge in [0.2, 0.25) is 0 Å². The highest BCUT2D eigenvalue weighted by Gasteiger charge is 2.08. The Morgan fingerprint density at radius 1 is 1.47 bits per heavy atom. The Balaban J connectivity index is 2.22. The van der Waals surface area contributed by atoms with Gasteiger partial charge in [0.15, 0.2) is 0 Å². The Labute approximate surface area is 110 Å². The van der Waals surface area contributed by atoms with Crippen LogP contribution in [0.15, 0.2) is 11.4 Å². The largest absolute Gasteiger partial charge is 0.372 e. The molecule has 17 heavy (non-hydrogen) atoms. The molecule has 1 N–H and O–H groups in total. The molecule has 1 unspecified atom stereocenters. The minimum atomic E-state index is 0.663. The molecule has 0 amide bonds. The summed E-state index contributed by atoms with van der Waals surface area (Å²) in [6.45, 7) is 4.45. The Hall–Kier alpha value is -0.810. The fourth-order valence-electron chi connectivity index (χ4n) is 1.49. The summed E-state index contributed by atoms with van der Waals surface area (Å²) in [4.78, 5) is 10.2. The molecule has 2 aromatic heterocycles. The third kappa shape index (κ3) is 2.90. The van der Waals surface area contributed by atoms with Crippen molar-refractivity contribution in [3.8, 4) is 0 Å². The highest BCUT2D eigenvalue weighted by molar-refractivity contribution is 7.99. The van der Waals surface area contributed by atoms with Gasteiger partial charge in [0, 0.05) is 12.3 Å². The average molecular weight is 267 g/mol. The van der Waals surface area contributed by atoms with Gasteiger partial charge in [0.1, 0.15) is 16.5 Å². The molecule has 0 aromatic carbocycles. The molecule has 2 heterocycles. The second-order valence-corrected chi connectivity index (χ2v) is 6.23. The lowest BCUT2D eigenvalue weighted by Crippen LogP contribution is -2.01. The van der Waals surface area contributed by atoms with Crippen LogP contribution in [0, 0.1) is 0 Å². The van der Waals surface area contributed by atoms with Crippen molar-refractivity contribution in [2.24, 2.45) is 0 Å². The van der Waals surface area contributed by atoms with E-state index in [-0.39, 0.29) is 0 Å². The number of thioether (sulfide) groups is 1. The molecule has 5 heteroatoms. The number of rotatable bonds is 5. The Morgan fingerprint density at radius 2 is 2.29 bits per heavy atom. The molecule has 0 bridgehead atoms. The Morgan fingerprint density at radius 3 is 3.00 bits per heavy atom. The summed E-state index contributed by atoms with van der Waals surface area (Å²) in [5.74, 6) is 2.75.